The molecule has 0 spiro atoms. The van der Waals surface area contributed by atoms with E-state index in [2.05, 4.69) is 19.2 Å². The van der Waals surface area contributed by atoms with E-state index in [-0.39, 0.29) is 5.82 Å². The molecule has 0 atom stereocenters. The molecule has 0 bridgehead atoms. The third-order valence-electron chi connectivity index (χ3n) is 5.11. The number of anilines is 1. The highest BCUT2D eigenvalue weighted by Crippen LogP contribution is 2.30. The Morgan fingerprint density at radius 1 is 0.967 bits per heavy atom. The number of benzene rings is 2. The minimum atomic E-state index is -4.31. The van der Waals surface area contributed by atoms with Crippen molar-refractivity contribution in [2.45, 2.75) is 12.6 Å². The Bertz CT molecular complexity index is 996. The van der Waals surface area contributed by atoms with E-state index in [1.54, 1.807) is 18.2 Å². The summed E-state index contributed by atoms with van der Waals surface area (Å²) in [6.07, 6.45) is -3.74. The molecule has 2 aromatic carbocycles. The molecule has 4 rings (SSSR count). The van der Waals surface area contributed by atoms with Gasteiger partial charge in [-0.2, -0.15) is 22.5 Å². The molecular formula is C21H20F4N4S. The molecule has 1 aromatic heterocycles. The predicted octanol–water partition coefficient (Wildman–Crippen LogP) is 4.73. The van der Waals surface area contributed by atoms with Crippen molar-refractivity contribution in [1.29, 1.82) is 0 Å². The molecule has 158 valence electrons. The van der Waals surface area contributed by atoms with Crippen LogP contribution in [0.15, 0.2) is 48.5 Å². The van der Waals surface area contributed by atoms with Gasteiger partial charge in [0.1, 0.15) is 5.82 Å². The Balaban J connectivity index is 1.30. The maximum atomic E-state index is 13.4. The second-order valence-electron chi connectivity index (χ2n) is 7.19. The fraction of sp³-hybridized carbons (Fsp3) is 0.333. The van der Waals surface area contributed by atoms with Crippen LogP contribution >= 0.6 is 11.5 Å². The Kier molecular flexibility index (Phi) is 6.01. The highest BCUT2D eigenvalue weighted by Gasteiger charge is 2.30. The van der Waals surface area contributed by atoms with Gasteiger partial charge in [0.25, 0.3) is 0 Å². The van der Waals surface area contributed by atoms with Crippen molar-refractivity contribution in [2.75, 3.05) is 37.6 Å². The first-order valence-electron chi connectivity index (χ1n) is 9.61. The highest BCUT2D eigenvalue weighted by molar-refractivity contribution is 7.09. The molecule has 3 aromatic rings. The normalized spacial score (nSPS) is 15.5. The minimum Gasteiger partial charge on any atom is -0.344 e. The van der Waals surface area contributed by atoms with Crippen molar-refractivity contribution in [3.8, 4) is 11.4 Å². The number of alkyl halides is 3. The van der Waals surface area contributed by atoms with Crippen molar-refractivity contribution >= 4 is 16.7 Å². The van der Waals surface area contributed by atoms with Gasteiger partial charge in [-0.1, -0.05) is 30.3 Å². The van der Waals surface area contributed by atoms with Crippen LogP contribution in [-0.2, 0) is 12.6 Å². The van der Waals surface area contributed by atoms with Crippen LogP contribution < -0.4 is 4.90 Å². The second-order valence-corrected chi connectivity index (χ2v) is 7.92. The van der Waals surface area contributed by atoms with Crippen molar-refractivity contribution in [3.05, 3.63) is 65.5 Å². The van der Waals surface area contributed by atoms with Crippen molar-refractivity contribution < 1.29 is 17.6 Å². The molecule has 0 N–H and O–H groups in total. The van der Waals surface area contributed by atoms with Crippen LogP contribution in [0.5, 0.6) is 0 Å². The molecule has 1 aliphatic heterocycles. The summed E-state index contributed by atoms with van der Waals surface area (Å²) in [5.74, 6) is 0.194. The third-order valence-corrected chi connectivity index (χ3v) is 5.89. The number of nitrogens with zero attached hydrogens (tertiary/aromatic N) is 4. The Morgan fingerprint density at radius 3 is 2.47 bits per heavy atom. The lowest BCUT2D eigenvalue weighted by molar-refractivity contribution is -0.137. The first kappa shape index (κ1) is 20.7. The third kappa shape index (κ3) is 4.96. The lowest BCUT2D eigenvalue weighted by Gasteiger charge is -2.34. The first-order chi connectivity index (χ1) is 14.4. The molecule has 2 heterocycles. The van der Waals surface area contributed by atoms with E-state index < -0.39 is 11.7 Å². The van der Waals surface area contributed by atoms with Crippen molar-refractivity contribution in [3.63, 3.8) is 0 Å². The monoisotopic (exact) mass is 436 g/mol. The number of halogens is 4. The number of piperazine rings is 1. The van der Waals surface area contributed by atoms with Gasteiger partial charge in [-0.3, -0.25) is 4.90 Å². The van der Waals surface area contributed by atoms with E-state index in [1.165, 1.54) is 35.8 Å². The van der Waals surface area contributed by atoms with Gasteiger partial charge in [-0.05, 0) is 30.2 Å². The molecule has 0 saturated carbocycles. The molecule has 0 aliphatic carbocycles. The molecule has 9 heteroatoms. The molecule has 1 fully saturated rings. The van der Waals surface area contributed by atoms with E-state index in [0.717, 1.165) is 37.4 Å². The average molecular weight is 436 g/mol. The van der Waals surface area contributed by atoms with Gasteiger partial charge < -0.3 is 4.90 Å². The topological polar surface area (TPSA) is 32.3 Å². The summed E-state index contributed by atoms with van der Waals surface area (Å²) in [7, 11) is 0. The van der Waals surface area contributed by atoms with Crippen molar-refractivity contribution in [2.24, 2.45) is 0 Å². The quantitative estimate of drug-likeness (QED) is 0.542. The van der Waals surface area contributed by atoms with Gasteiger partial charge in [0.15, 0.2) is 5.82 Å². The summed E-state index contributed by atoms with van der Waals surface area (Å²) in [5.41, 5.74) is 0.739. The second kappa shape index (κ2) is 8.69. The zero-order chi connectivity index (χ0) is 21.1. The van der Waals surface area contributed by atoms with Gasteiger partial charge in [0, 0.05) is 49.8 Å². The maximum Gasteiger partial charge on any atom is 0.416 e. The fourth-order valence-electron chi connectivity index (χ4n) is 3.44. The summed E-state index contributed by atoms with van der Waals surface area (Å²) in [4.78, 5) is 8.92. The average Bonchev–Trinajstić information content (AvgIpc) is 3.23. The summed E-state index contributed by atoms with van der Waals surface area (Å²) in [5, 5.41) is 0.798. The van der Waals surface area contributed by atoms with Crippen LogP contribution in [0.25, 0.3) is 11.4 Å². The zero-order valence-corrected chi connectivity index (χ0v) is 16.9. The summed E-state index contributed by atoms with van der Waals surface area (Å²) in [6.45, 7) is 3.84. The van der Waals surface area contributed by atoms with Gasteiger partial charge in [0.05, 0.1) is 5.56 Å². The van der Waals surface area contributed by atoms with Crippen LogP contribution in [0.3, 0.4) is 0 Å². The Labute approximate surface area is 175 Å². The van der Waals surface area contributed by atoms with Gasteiger partial charge in [-0.25, -0.2) is 4.39 Å². The van der Waals surface area contributed by atoms with Crippen molar-refractivity contribution in [1.82, 2.24) is 14.3 Å². The SMILES string of the molecule is Fc1cccc(-c2nsc(N3CCN(CCc4cccc(C(F)(F)F)c4)CC3)n2)c1. The molecule has 1 aliphatic rings. The summed E-state index contributed by atoms with van der Waals surface area (Å²) >= 11 is 1.29. The van der Waals surface area contributed by atoms with Gasteiger partial charge in [-0.15, -0.1) is 0 Å². The van der Waals surface area contributed by atoms with Crippen LogP contribution in [0.2, 0.25) is 0 Å². The minimum absolute atomic E-state index is 0.321. The van der Waals surface area contributed by atoms with Crippen LogP contribution in [0.1, 0.15) is 11.1 Å². The van der Waals surface area contributed by atoms with E-state index in [4.69, 9.17) is 0 Å². The number of hydrogen-bond donors (Lipinski definition) is 0. The molecule has 0 amide bonds. The van der Waals surface area contributed by atoms with E-state index in [0.29, 0.717) is 29.9 Å². The smallest absolute Gasteiger partial charge is 0.344 e. The number of hydrogen-bond acceptors (Lipinski definition) is 5. The van der Waals surface area contributed by atoms with E-state index in [1.807, 2.05) is 0 Å². The largest absolute Gasteiger partial charge is 0.416 e. The fourth-order valence-corrected chi connectivity index (χ4v) is 4.18. The first-order valence-corrected chi connectivity index (χ1v) is 10.4. The molecular weight excluding hydrogens is 416 g/mol. The molecule has 0 radical (unpaired) electrons. The highest BCUT2D eigenvalue weighted by atomic mass is 32.1. The molecule has 30 heavy (non-hydrogen) atoms. The number of aromatic nitrogens is 2. The summed E-state index contributed by atoms with van der Waals surface area (Å²) < 4.78 is 56.3. The maximum absolute atomic E-state index is 13.4. The molecule has 1 saturated heterocycles. The van der Waals surface area contributed by atoms with Crippen LogP contribution in [0, 0.1) is 5.82 Å². The molecule has 0 unspecified atom stereocenters. The lowest BCUT2D eigenvalue weighted by atomic mass is 10.1. The van der Waals surface area contributed by atoms with Crippen LogP contribution in [0.4, 0.5) is 22.7 Å². The lowest BCUT2D eigenvalue weighted by Crippen LogP contribution is -2.47. The summed E-state index contributed by atoms with van der Waals surface area (Å²) in [6, 6.07) is 11.7. The van der Waals surface area contributed by atoms with Gasteiger partial charge >= 0.3 is 6.18 Å². The molecule has 4 nitrogen and oxygen atoms in total. The van der Waals surface area contributed by atoms with Crippen LogP contribution in [-0.4, -0.2) is 47.0 Å². The van der Waals surface area contributed by atoms with E-state index in [9.17, 15) is 17.6 Å². The van der Waals surface area contributed by atoms with E-state index >= 15 is 0 Å². The Morgan fingerprint density at radius 2 is 1.73 bits per heavy atom. The Hall–Kier alpha value is -2.52. The number of rotatable bonds is 5. The zero-order valence-electron chi connectivity index (χ0n) is 16.1. The predicted molar refractivity (Wildman–Crippen MR) is 109 cm³/mol. The van der Waals surface area contributed by atoms with Gasteiger partial charge in [0.2, 0.25) is 5.13 Å². The standard InChI is InChI=1S/C21H20F4N4S/c22-18-6-2-4-16(14-18)19-26-20(30-27-19)29-11-9-28(10-12-29)8-7-15-3-1-5-17(13-15)21(23,24)25/h1-6,13-14H,7-12H2.